The topological polar surface area (TPSA) is 0 Å². The molecule has 0 aromatic rings. The molecule has 2 unspecified atom stereocenters. The molecule has 0 aliphatic heterocycles. The highest BCUT2D eigenvalue weighted by Crippen LogP contribution is 2.25. The minimum atomic E-state index is 0.994. The van der Waals surface area contributed by atoms with Crippen LogP contribution >= 0.6 is 0 Å². The Balaban J connectivity index is 2.26. The fourth-order valence-corrected chi connectivity index (χ4v) is 2.73. The van der Waals surface area contributed by atoms with Gasteiger partial charge >= 0.3 is 0 Å². The van der Waals surface area contributed by atoms with Crippen LogP contribution in [0, 0.1) is 11.8 Å². The van der Waals surface area contributed by atoms with Gasteiger partial charge in [-0.2, -0.15) is 0 Å². The predicted molar refractivity (Wildman–Crippen MR) is 64.5 cm³/mol. The van der Waals surface area contributed by atoms with E-state index in [1.807, 2.05) is 0 Å². The molecule has 1 saturated carbocycles. The summed E-state index contributed by atoms with van der Waals surface area (Å²) in [5, 5.41) is 0. The van der Waals surface area contributed by atoms with Gasteiger partial charge in [0, 0.05) is 0 Å². The third-order valence-electron chi connectivity index (χ3n) is 3.95. The standard InChI is InChI=1S/C14H28/c1-3-14-11-6-4-5-9-13(2)10-7-8-12-14/h13-14H,3-12H2,1-2H3. The van der Waals surface area contributed by atoms with E-state index in [1.165, 1.54) is 64.2 Å². The highest BCUT2D eigenvalue weighted by molar-refractivity contribution is 4.62. The Bertz CT molecular complexity index is 128. The highest BCUT2D eigenvalue weighted by Gasteiger charge is 2.09. The Morgan fingerprint density at radius 1 is 0.786 bits per heavy atom. The highest BCUT2D eigenvalue weighted by atomic mass is 14.1. The molecule has 1 aliphatic rings. The number of rotatable bonds is 1. The first kappa shape index (κ1) is 12.1. The van der Waals surface area contributed by atoms with Crippen molar-refractivity contribution in [3.05, 3.63) is 0 Å². The summed E-state index contributed by atoms with van der Waals surface area (Å²) in [5.74, 6) is 2.04. The molecule has 14 heavy (non-hydrogen) atoms. The van der Waals surface area contributed by atoms with Gasteiger partial charge in [-0.05, 0) is 11.8 Å². The number of hydrogen-bond acceptors (Lipinski definition) is 0. The molecule has 0 saturated heterocycles. The summed E-state index contributed by atoms with van der Waals surface area (Å²) in [6.07, 6.45) is 14.8. The van der Waals surface area contributed by atoms with E-state index in [4.69, 9.17) is 0 Å². The van der Waals surface area contributed by atoms with Gasteiger partial charge in [0.25, 0.3) is 0 Å². The van der Waals surface area contributed by atoms with Crippen molar-refractivity contribution in [2.45, 2.75) is 78.1 Å². The third kappa shape index (κ3) is 5.02. The zero-order chi connectivity index (χ0) is 10.2. The molecule has 0 spiro atoms. The van der Waals surface area contributed by atoms with Crippen LogP contribution in [0.5, 0.6) is 0 Å². The Labute approximate surface area is 90.5 Å². The lowest BCUT2D eigenvalue weighted by Gasteiger charge is -2.13. The molecule has 2 atom stereocenters. The van der Waals surface area contributed by atoms with Crippen molar-refractivity contribution in [3.8, 4) is 0 Å². The van der Waals surface area contributed by atoms with E-state index in [1.54, 1.807) is 0 Å². The van der Waals surface area contributed by atoms with E-state index in [0.717, 1.165) is 11.8 Å². The molecule has 0 nitrogen and oxygen atoms in total. The van der Waals surface area contributed by atoms with E-state index in [-0.39, 0.29) is 0 Å². The van der Waals surface area contributed by atoms with E-state index in [9.17, 15) is 0 Å². The molecule has 0 aromatic heterocycles. The Morgan fingerprint density at radius 3 is 1.93 bits per heavy atom. The van der Waals surface area contributed by atoms with Crippen LogP contribution in [-0.4, -0.2) is 0 Å². The zero-order valence-corrected chi connectivity index (χ0v) is 10.2. The molecule has 1 rings (SSSR count). The van der Waals surface area contributed by atoms with Crippen molar-refractivity contribution in [2.75, 3.05) is 0 Å². The molecule has 0 heteroatoms. The lowest BCUT2D eigenvalue weighted by molar-refractivity contribution is 0.400. The van der Waals surface area contributed by atoms with Crippen LogP contribution in [0.4, 0.5) is 0 Å². The summed E-state index contributed by atoms with van der Waals surface area (Å²) in [7, 11) is 0. The molecule has 1 fully saturated rings. The first-order valence-corrected chi connectivity index (χ1v) is 6.83. The quantitative estimate of drug-likeness (QED) is 0.542. The average Bonchev–Trinajstić information content (AvgIpc) is 2.23. The van der Waals surface area contributed by atoms with Crippen molar-refractivity contribution in [1.82, 2.24) is 0 Å². The third-order valence-corrected chi connectivity index (χ3v) is 3.95. The summed E-state index contributed by atoms with van der Waals surface area (Å²) in [6, 6.07) is 0. The monoisotopic (exact) mass is 196 g/mol. The molecule has 84 valence electrons. The maximum Gasteiger partial charge on any atom is -0.0417 e. The summed E-state index contributed by atoms with van der Waals surface area (Å²) in [6.45, 7) is 4.81. The smallest absolute Gasteiger partial charge is 0.0417 e. The van der Waals surface area contributed by atoms with Crippen LogP contribution in [0.25, 0.3) is 0 Å². The van der Waals surface area contributed by atoms with Crippen LogP contribution in [0.2, 0.25) is 0 Å². The van der Waals surface area contributed by atoms with Crippen LogP contribution in [0.3, 0.4) is 0 Å². The fourth-order valence-electron chi connectivity index (χ4n) is 2.73. The van der Waals surface area contributed by atoms with Gasteiger partial charge in [-0.1, -0.05) is 78.1 Å². The second-order valence-corrected chi connectivity index (χ2v) is 5.30. The molecule has 0 radical (unpaired) electrons. The van der Waals surface area contributed by atoms with Crippen LogP contribution in [0.1, 0.15) is 78.1 Å². The lowest BCUT2D eigenvalue weighted by Crippen LogP contribution is -1.98. The maximum absolute atomic E-state index is 2.44. The SMILES string of the molecule is CCC1CCCCCC(C)CCCC1. The molecule has 0 bridgehead atoms. The second kappa shape index (κ2) is 7.31. The first-order chi connectivity index (χ1) is 6.83. The van der Waals surface area contributed by atoms with Gasteiger partial charge in [0.15, 0.2) is 0 Å². The van der Waals surface area contributed by atoms with E-state index in [2.05, 4.69) is 13.8 Å². The Hall–Kier alpha value is 0. The van der Waals surface area contributed by atoms with Crippen LogP contribution < -0.4 is 0 Å². The van der Waals surface area contributed by atoms with E-state index in [0.29, 0.717) is 0 Å². The molecular weight excluding hydrogens is 168 g/mol. The van der Waals surface area contributed by atoms with Gasteiger partial charge in [-0.3, -0.25) is 0 Å². The minimum absolute atomic E-state index is 0.994. The molecule has 0 N–H and O–H groups in total. The molecule has 0 heterocycles. The predicted octanol–water partition coefficient (Wildman–Crippen LogP) is 5.17. The van der Waals surface area contributed by atoms with E-state index < -0.39 is 0 Å². The molecule has 0 aromatic carbocycles. The normalized spacial score (nSPS) is 32.1. The van der Waals surface area contributed by atoms with Gasteiger partial charge < -0.3 is 0 Å². The van der Waals surface area contributed by atoms with Gasteiger partial charge in [0.1, 0.15) is 0 Å². The summed E-state index contributed by atoms with van der Waals surface area (Å²) in [4.78, 5) is 0. The van der Waals surface area contributed by atoms with Gasteiger partial charge in [-0.25, -0.2) is 0 Å². The zero-order valence-electron chi connectivity index (χ0n) is 10.2. The minimum Gasteiger partial charge on any atom is -0.0651 e. The van der Waals surface area contributed by atoms with Crippen molar-refractivity contribution in [1.29, 1.82) is 0 Å². The fraction of sp³-hybridized carbons (Fsp3) is 1.00. The molecular formula is C14H28. The molecule has 1 aliphatic carbocycles. The maximum atomic E-state index is 2.44. The van der Waals surface area contributed by atoms with Crippen molar-refractivity contribution in [2.24, 2.45) is 11.8 Å². The van der Waals surface area contributed by atoms with Gasteiger partial charge in [0.05, 0.1) is 0 Å². The lowest BCUT2D eigenvalue weighted by atomic mass is 9.93. The van der Waals surface area contributed by atoms with Gasteiger partial charge in [-0.15, -0.1) is 0 Å². The number of hydrogen-bond donors (Lipinski definition) is 0. The second-order valence-electron chi connectivity index (χ2n) is 5.30. The van der Waals surface area contributed by atoms with Crippen LogP contribution in [0.15, 0.2) is 0 Å². The summed E-state index contributed by atoms with van der Waals surface area (Å²) >= 11 is 0. The summed E-state index contributed by atoms with van der Waals surface area (Å²) in [5.41, 5.74) is 0. The Kier molecular flexibility index (Phi) is 6.31. The van der Waals surface area contributed by atoms with Crippen molar-refractivity contribution < 1.29 is 0 Å². The van der Waals surface area contributed by atoms with E-state index >= 15 is 0 Å². The first-order valence-electron chi connectivity index (χ1n) is 6.83. The largest absolute Gasteiger partial charge is 0.0651 e. The molecule has 0 amide bonds. The average molecular weight is 196 g/mol. The summed E-state index contributed by atoms with van der Waals surface area (Å²) < 4.78 is 0. The van der Waals surface area contributed by atoms with Crippen molar-refractivity contribution in [3.63, 3.8) is 0 Å². The Morgan fingerprint density at radius 2 is 1.29 bits per heavy atom. The van der Waals surface area contributed by atoms with Gasteiger partial charge in [0.2, 0.25) is 0 Å². The van der Waals surface area contributed by atoms with Crippen molar-refractivity contribution >= 4 is 0 Å². The van der Waals surface area contributed by atoms with Crippen LogP contribution in [-0.2, 0) is 0 Å².